The van der Waals surface area contributed by atoms with Crippen molar-refractivity contribution in [1.29, 1.82) is 0 Å². The molecule has 2 unspecified atom stereocenters. The van der Waals surface area contributed by atoms with E-state index in [-0.39, 0.29) is 6.04 Å². The van der Waals surface area contributed by atoms with Crippen LogP contribution in [-0.4, -0.2) is 5.11 Å². The van der Waals surface area contributed by atoms with Crippen molar-refractivity contribution >= 4 is 39.9 Å². The second kappa shape index (κ2) is 8.89. The molecule has 0 heterocycles. The number of benzene rings is 3. The first-order valence-electron chi connectivity index (χ1n) is 8.53. The van der Waals surface area contributed by atoms with Crippen molar-refractivity contribution in [2.45, 2.75) is 25.5 Å². The smallest absolute Gasteiger partial charge is 0.0812 e. The molecule has 2 atom stereocenters. The van der Waals surface area contributed by atoms with Crippen LogP contribution in [0.15, 0.2) is 72.8 Å². The lowest BCUT2D eigenvalue weighted by Gasteiger charge is -2.24. The van der Waals surface area contributed by atoms with Crippen LogP contribution in [-0.2, 0) is 0 Å². The minimum Gasteiger partial charge on any atom is -0.388 e. The van der Waals surface area contributed by atoms with Gasteiger partial charge in [-0.25, -0.2) is 0 Å². The molecule has 26 heavy (non-hydrogen) atoms. The molecule has 0 aliphatic rings. The lowest BCUT2D eigenvalue weighted by molar-refractivity contribution is 0.160. The van der Waals surface area contributed by atoms with Gasteiger partial charge in [-0.15, -0.1) is 0 Å². The van der Waals surface area contributed by atoms with Gasteiger partial charge >= 0.3 is 0 Å². The number of rotatable bonds is 6. The van der Waals surface area contributed by atoms with Gasteiger partial charge in [-0.1, -0.05) is 53.6 Å². The van der Waals surface area contributed by atoms with Gasteiger partial charge < -0.3 is 10.4 Å². The number of aryl methyl sites for hydroxylation is 1. The molecule has 0 aliphatic carbocycles. The Hall–Kier alpha value is -1.56. The fourth-order valence-electron chi connectivity index (χ4n) is 2.87. The van der Waals surface area contributed by atoms with E-state index in [1.165, 1.54) is 9.13 Å². The molecule has 3 aromatic carbocycles. The highest BCUT2D eigenvalue weighted by atomic mass is 127. The number of halogens is 2. The van der Waals surface area contributed by atoms with Gasteiger partial charge in [0, 0.05) is 20.7 Å². The molecule has 3 rings (SSSR count). The monoisotopic (exact) mass is 477 g/mol. The Bertz CT molecular complexity index is 832. The second-order valence-corrected chi connectivity index (χ2v) is 8.10. The third kappa shape index (κ3) is 5.22. The highest BCUT2D eigenvalue weighted by Crippen LogP contribution is 2.30. The van der Waals surface area contributed by atoms with E-state index in [9.17, 15) is 5.11 Å². The van der Waals surface area contributed by atoms with Crippen molar-refractivity contribution in [3.8, 4) is 0 Å². The van der Waals surface area contributed by atoms with Crippen LogP contribution in [0.5, 0.6) is 0 Å². The normalized spacial score (nSPS) is 13.2. The van der Waals surface area contributed by atoms with E-state index in [4.69, 9.17) is 11.6 Å². The zero-order valence-corrected chi connectivity index (χ0v) is 17.4. The maximum Gasteiger partial charge on any atom is 0.0812 e. The predicted octanol–water partition coefficient (Wildman–Crippen LogP) is 6.53. The van der Waals surface area contributed by atoms with Gasteiger partial charge in [0.15, 0.2) is 0 Å². The van der Waals surface area contributed by atoms with Crippen LogP contribution in [0.2, 0.25) is 5.02 Å². The van der Waals surface area contributed by atoms with E-state index in [1.807, 2.05) is 55.5 Å². The summed E-state index contributed by atoms with van der Waals surface area (Å²) in [7, 11) is 0. The quantitative estimate of drug-likeness (QED) is 0.396. The molecule has 2 N–H and O–H groups in total. The van der Waals surface area contributed by atoms with E-state index < -0.39 is 6.10 Å². The minimum atomic E-state index is -0.548. The van der Waals surface area contributed by atoms with Crippen LogP contribution < -0.4 is 5.32 Å². The SMILES string of the molecule is Cc1ccc(C(O)CC(Nc2ccc(I)cc2)c2ccc(Cl)cc2)cc1. The average Bonchev–Trinajstić information content (AvgIpc) is 2.64. The lowest BCUT2D eigenvalue weighted by atomic mass is 9.96. The summed E-state index contributed by atoms with van der Waals surface area (Å²) in [6, 6.07) is 24.1. The summed E-state index contributed by atoms with van der Waals surface area (Å²) in [5, 5.41) is 15.0. The third-order valence-corrected chi connectivity index (χ3v) is 5.35. The molecule has 0 saturated heterocycles. The highest BCUT2D eigenvalue weighted by Gasteiger charge is 2.18. The Morgan fingerprint density at radius 1 is 0.885 bits per heavy atom. The fraction of sp³-hybridized carbons (Fsp3) is 0.182. The van der Waals surface area contributed by atoms with Crippen LogP contribution in [0.25, 0.3) is 0 Å². The molecule has 0 radical (unpaired) electrons. The first-order valence-corrected chi connectivity index (χ1v) is 9.99. The van der Waals surface area contributed by atoms with Gasteiger partial charge in [-0.3, -0.25) is 0 Å². The Morgan fingerprint density at radius 3 is 2.08 bits per heavy atom. The molecular weight excluding hydrogens is 457 g/mol. The summed E-state index contributed by atoms with van der Waals surface area (Å²) in [5.41, 5.74) is 4.24. The Morgan fingerprint density at radius 2 is 1.46 bits per heavy atom. The third-order valence-electron chi connectivity index (χ3n) is 4.38. The maximum absolute atomic E-state index is 10.8. The number of nitrogens with one attached hydrogen (secondary N) is 1. The molecule has 0 saturated carbocycles. The van der Waals surface area contributed by atoms with E-state index in [2.05, 4.69) is 52.2 Å². The first-order chi connectivity index (χ1) is 12.5. The molecule has 0 aliphatic heterocycles. The summed E-state index contributed by atoms with van der Waals surface area (Å²) < 4.78 is 1.19. The number of aliphatic hydroxyl groups excluding tert-OH is 1. The number of aliphatic hydroxyl groups is 1. The molecule has 4 heteroatoms. The van der Waals surface area contributed by atoms with Crippen LogP contribution >= 0.6 is 34.2 Å². The van der Waals surface area contributed by atoms with Gasteiger partial charge in [0.05, 0.1) is 12.1 Å². The van der Waals surface area contributed by atoms with Crippen molar-refractivity contribution in [3.05, 3.63) is 98.1 Å². The summed E-state index contributed by atoms with van der Waals surface area (Å²) in [5.74, 6) is 0. The van der Waals surface area contributed by atoms with Gasteiger partial charge in [0.2, 0.25) is 0 Å². The molecule has 3 aromatic rings. The molecule has 2 nitrogen and oxygen atoms in total. The maximum atomic E-state index is 10.8. The average molecular weight is 478 g/mol. The van der Waals surface area contributed by atoms with Crippen LogP contribution in [0.3, 0.4) is 0 Å². The molecular formula is C22H21ClINO. The van der Waals surface area contributed by atoms with Gasteiger partial charge in [-0.05, 0) is 77.0 Å². The highest BCUT2D eigenvalue weighted by molar-refractivity contribution is 14.1. The van der Waals surface area contributed by atoms with Crippen LogP contribution in [0, 0.1) is 10.5 Å². The largest absolute Gasteiger partial charge is 0.388 e. The van der Waals surface area contributed by atoms with Crippen molar-refractivity contribution in [2.24, 2.45) is 0 Å². The fourth-order valence-corrected chi connectivity index (χ4v) is 3.35. The summed E-state index contributed by atoms with van der Waals surface area (Å²) in [6.45, 7) is 2.05. The summed E-state index contributed by atoms with van der Waals surface area (Å²) >= 11 is 8.33. The zero-order valence-electron chi connectivity index (χ0n) is 14.5. The Labute approximate surface area is 173 Å². The first kappa shape index (κ1) is 19.2. The van der Waals surface area contributed by atoms with E-state index in [1.54, 1.807) is 0 Å². The summed E-state index contributed by atoms with van der Waals surface area (Å²) in [4.78, 5) is 0. The topological polar surface area (TPSA) is 32.3 Å². The van der Waals surface area contributed by atoms with Crippen molar-refractivity contribution < 1.29 is 5.11 Å². The van der Waals surface area contributed by atoms with Gasteiger partial charge in [-0.2, -0.15) is 0 Å². The van der Waals surface area contributed by atoms with Crippen molar-refractivity contribution in [1.82, 2.24) is 0 Å². The van der Waals surface area contributed by atoms with Crippen LogP contribution in [0.1, 0.15) is 35.3 Å². The second-order valence-electron chi connectivity index (χ2n) is 6.42. The minimum absolute atomic E-state index is 0.0244. The van der Waals surface area contributed by atoms with Crippen LogP contribution in [0.4, 0.5) is 5.69 Å². The van der Waals surface area contributed by atoms with Gasteiger partial charge in [0.25, 0.3) is 0 Å². The van der Waals surface area contributed by atoms with Crippen molar-refractivity contribution in [3.63, 3.8) is 0 Å². The molecule has 0 spiro atoms. The number of anilines is 1. The number of hydrogen-bond donors (Lipinski definition) is 2. The molecule has 0 aromatic heterocycles. The Kier molecular flexibility index (Phi) is 6.57. The molecule has 0 amide bonds. The predicted molar refractivity (Wildman–Crippen MR) is 118 cm³/mol. The van der Waals surface area contributed by atoms with E-state index in [0.717, 1.165) is 16.8 Å². The van der Waals surface area contributed by atoms with E-state index in [0.29, 0.717) is 11.4 Å². The van der Waals surface area contributed by atoms with E-state index >= 15 is 0 Å². The molecule has 134 valence electrons. The standard InChI is InChI=1S/C22H21ClINO/c1-15-2-4-17(5-3-15)22(26)14-21(16-6-8-18(23)9-7-16)25-20-12-10-19(24)11-13-20/h2-13,21-22,25-26H,14H2,1H3. The van der Waals surface area contributed by atoms with Crippen molar-refractivity contribution in [2.75, 3.05) is 5.32 Å². The lowest BCUT2D eigenvalue weighted by Crippen LogP contribution is -2.15. The Balaban J connectivity index is 1.83. The molecule has 0 fully saturated rings. The molecule has 0 bridgehead atoms. The van der Waals surface area contributed by atoms with Gasteiger partial charge in [0.1, 0.15) is 0 Å². The zero-order chi connectivity index (χ0) is 18.5. The summed E-state index contributed by atoms with van der Waals surface area (Å²) in [6.07, 6.45) is 0.0177. The number of hydrogen-bond acceptors (Lipinski definition) is 2.